The van der Waals surface area contributed by atoms with Crippen LogP contribution < -0.4 is 15.2 Å². The second-order valence-corrected chi connectivity index (χ2v) is 5.21. The van der Waals surface area contributed by atoms with Crippen molar-refractivity contribution in [3.63, 3.8) is 0 Å². The summed E-state index contributed by atoms with van der Waals surface area (Å²) in [4.78, 5) is 12.0. The van der Waals surface area contributed by atoms with Gasteiger partial charge in [0.25, 0.3) is 0 Å². The maximum absolute atomic E-state index is 12.0. The minimum atomic E-state index is -0.388. The molecule has 22 heavy (non-hydrogen) atoms. The number of benzene rings is 1. The van der Waals surface area contributed by atoms with Gasteiger partial charge in [0.2, 0.25) is 0 Å². The Morgan fingerprint density at radius 3 is 2.32 bits per heavy atom. The van der Waals surface area contributed by atoms with E-state index in [2.05, 4.69) is 6.92 Å². The topological polar surface area (TPSA) is 53.6 Å². The van der Waals surface area contributed by atoms with E-state index in [-0.39, 0.29) is 5.76 Å². The first-order valence-electron chi connectivity index (χ1n) is 7.62. The zero-order chi connectivity index (χ0) is 15.9. The van der Waals surface area contributed by atoms with Crippen LogP contribution in [0.5, 0.6) is 11.5 Å². The Morgan fingerprint density at radius 2 is 1.73 bits per heavy atom. The summed E-state index contributed by atoms with van der Waals surface area (Å²) in [6, 6.07) is 5.32. The molecule has 1 heterocycles. The molecule has 2 rings (SSSR count). The van der Waals surface area contributed by atoms with Gasteiger partial charge in [0.15, 0.2) is 0 Å². The van der Waals surface area contributed by atoms with Crippen LogP contribution in [0.4, 0.5) is 0 Å². The van der Waals surface area contributed by atoms with Gasteiger partial charge in [0, 0.05) is 24.6 Å². The predicted molar refractivity (Wildman–Crippen MR) is 85.3 cm³/mol. The van der Waals surface area contributed by atoms with Crippen molar-refractivity contribution in [1.29, 1.82) is 0 Å². The molecule has 0 saturated carbocycles. The Hall–Kier alpha value is -2.17. The lowest BCUT2D eigenvalue weighted by Crippen LogP contribution is -2.11. The van der Waals surface area contributed by atoms with Crippen molar-refractivity contribution in [2.75, 3.05) is 14.2 Å². The molecule has 0 amide bonds. The van der Waals surface area contributed by atoms with Gasteiger partial charge in [-0.15, -0.1) is 0 Å². The number of hydrogen-bond acceptors (Lipinski definition) is 4. The number of oxazole rings is 1. The Balaban J connectivity index is 2.22. The van der Waals surface area contributed by atoms with Gasteiger partial charge < -0.3 is 13.9 Å². The molecular weight excluding hydrogens is 282 g/mol. The van der Waals surface area contributed by atoms with Crippen LogP contribution in [0.3, 0.4) is 0 Å². The summed E-state index contributed by atoms with van der Waals surface area (Å²) in [6.07, 6.45) is 7.11. The standard InChI is InChI=1S/C17H23NO4/c1-4-5-6-7-8-14-12-18(17(19)22-14)13-9-15(20-2)11-16(10-13)21-3/h9-12H,4-8H2,1-3H3. The van der Waals surface area contributed by atoms with Crippen molar-refractivity contribution in [3.05, 3.63) is 40.7 Å². The molecule has 0 aliphatic carbocycles. The van der Waals surface area contributed by atoms with Gasteiger partial charge in [-0.1, -0.05) is 26.2 Å². The van der Waals surface area contributed by atoms with E-state index in [1.54, 1.807) is 38.6 Å². The van der Waals surface area contributed by atoms with E-state index < -0.39 is 0 Å². The largest absolute Gasteiger partial charge is 0.497 e. The van der Waals surface area contributed by atoms with E-state index in [1.165, 1.54) is 17.4 Å². The number of ether oxygens (including phenoxy) is 2. The van der Waals surface area contributed by atoms with Crippen LogP contribution in [0.2, 0.25) is 0 Å². The van der Waals surface area contributed by atoms with Crippen LogP contribution in [0.15, 0.2) is 33.6 Å². The lowest BCUT2D eigenvalue weighted by atomic mass is 10.1. The van der Waals surface area contributed by atoms with Gasteiger partial charge >= 0.3 is 5.76 Å². The highest BCUT2D eigenvalue weighted by Gasteiger charge is 2.10. The molecule has 1 aromatic carbocycles. The number of rotatable bonds is 8. The lowest BCUT2D eigenvalue weighted by Gasteiger charge is -2.07. The van der Waals surface area contributed by atoms with Crippen molar-refractivity contribution in [3.8, 4) is 17.2 Å². The quantitative estimate of drug-likeness (QED) is 0.700. The highest BCUT2D eigenvalue weighted by Crippen LogP contribution is 2.24. The van der Waals surface area contributed by atoms with Crippen molar-refractivity contribution >= 4 is 0 Å². The molecule has 5 nitrogen and oxygen atoms in total. The van der Waals surface area contributed by atoms with E-state index >= 15 is 0 Å². The SMILES string of the molecule is CCCCCCc1cn(-c2cc(OC)cc(OC)c2)c(=O)o1. The fraction of sp³-hybridized carbons (Fsp3) is 0.471. The molecule has 0 saturated heterocycles. The van der Waals surface area contributed by atoms with Gasteiger partial charge in [-0.2, -0.15) is 0 Å². The number of methoxy groups -OCH3 is 2. The summed E-state index contributed by atoms with van der Waals surface area (Å²) in [5.41, 5.74) is 0.671. The Bertz CT molecular complexity index is 635. The van der Waals surface area contributed by atoms with Crippen molar-refractivity contribution < 1.29 is 13.9 Å². The molecule has 0 aliphatic heterocycles. The monoisotopic (exact) mass is 305 g/mol. The summed E-state index contributed by atoms with van der Waals surface area (Å²) >= 11 is 0. The van der Waals surface area contributed by atoms with Crippen molar-refractivity contribution in [2.24, 2.45) is 0 Å². The van der Waals surface area contributed by atoms with E-state index in [4.69, 9.17) is 13.9 Å². The van der Waals surface area contributed by atoms with Gasteiger partial charge in [-0.3, -0.25) is 0 Å². The van der Waals surface area contributed by atoms with Crippen molar-refractivity contribution in [2.45, 2.75) is 39.0 Å². The minimum absolute atomic E-state index is 0.388. The van der Waals surface area contributed by atoms with E-state index in [9.17, 15) is 4.79 Å². The molecule has 0 unspecified atom stereocenters. The van der Waals surface area contributed by atoms with Crippen LogP contribution in [0.1, 0.15) is 38.4 Å². The number of unbranched alkanes of at least 4 members (excludes halogenated alkanes) is 3. The summed E-state index contributed by atoms with van der Waals surface area (Å²) in [5.74, 6) is 1.59. The maximum Gasteiger partial charge on any atom is 0.423 e. The van der Waals surface area contributed by atoms with Gasteiger partial charge in [-0.05, 0) is 6.42 Å². The normalized spacial score (nSPS) is 10.7. The molecule has 0 spiro atoms. The van der Waals surface area contributed by atoms with E-state index in [0.717, 1.165) is 19.3 Å². The molecular formula is C17H23NO4. The second-order valence-electron chi connectivity index (χ2n) is 5.21. The highest BCUT2D eigenvalue weighted by atomic mass is 16.5. The van der Waals surface area contributed by atoms with Gasteiger partial charge in [-0.25, -0.2) is 9.36 Å². The second kappa shape index (κ2) is 7.73. The molecule has 0 bridgehead atoms. The van der Waals surface area contributed by atoms with Crippen LogP contribution in [-0.4, -0.2) is 18.8 Å². The third-order valence-electron chi connectivity index (χ3n) is 3.58. The number of hydrogen-bond donors (Lipinski definition) is 0. The summed E-state index contributed by atoms with van der Waals surface area (Å²) in [6.45, 7) is 2.17. The zero-order valence-corrected chi connectivity index (χ0v) is 13.4. The summed E-state index contributed by atoms with van der Waals surface area (Å²) in [5, 5.41) is 0. The number of aryl methyl sites for hydroxylation is 1. The van der Waals surface area contributed by atoms with Gasteiger partial charge in [0.05, 0.1) is 26.1 Å². The minimum Gasteiger partial charge on any atom is -0.497 e. The molecule has 0 atom stereocenters. The Morgan fingerprint density at radius 1 is 1.05 bits per heavy atom. The highest BCUT2D eigenvalue weighted by molar-refractivity contribution is 5.46. The van der Waals surface area contributed by atoms with Crippen LogP contribution in [0.25, 0.3) is 5.69 Å². The molecule has 5 heteroatoms. The third kappa shape index (κ3) is 3.93. The molecule has 0 aliphatic rings. The lowest BCUT2D eigenvalue weighted by molar-refractivity contribution is 0.393. The first kappa shape index (κ1) is 16.2. The van der Waals surface area contributed by atoms with E-state index in [0.29, 0.717) is 22.9 Å². The smallest absolute Gasteiger partial charge is 0.423 e. The molecule has 120 valence electrons. The average molecular weight is 305 g/mol. The van der Waals surface area contributed by atoms with E-state index in [1.807, 2.05) is 0 Å². The Kier molecular flexibility index (Phi) is 5.69. The fourth-order valence-corrected chi connectivity index (χ4v) is 2.34. The average Bonchev–Trinajstić information content (AvgIpc) is 2.92. The zero-order valence-electron chi connectivity index (χ0n) is 13.4. The van der Waals surface area contributed by atoms with Crippen LogP contribution in [-0.2, 0) is 6.42 Å². The molecule has 2 aromatic rings. The maximum atomic E-state index is 12.0. The summed E-state index contributed by atoms with van der Waals surface area (Å²) < 4.78 is 17.3. The first-order valence-corrected chi connectivity index (χ1v) is 7.62. The molecule has 1 aromatic heterocycles. The van der Waals surface area contributed by atoms with Crippen LogP contribution in [0, 0.1) is 0 Å². The van der Waals surface area contributed by atoms with Crippen LogP contribution >= 0.6 is 0 Å². The first-order chi connectivity index (χ1) is 10.7. The third-order valence-corrected chi connectivity index (χ3v) is 3.58. The number of aromatic nitrogens is 1. The summed E-state index contributed by atoms with van der Waals surface area (Å²) in [7, 11) is 3.16. The van der Waals surface area contributed by atoms with Crippen molar-refractivity contribution in [1.82, 2.24) is 4.57 Å². The van der Waals surface area contributed by atoms with Gasteiger partial charge in [0.1, 0.15) is 17.3 Å². The molecule has 0 N–H and O–H groups in total. The number of nitrogens with zero attached hydrogens (tertiary/aromatic N) is 1. The molecule has 0 radical (unpaired) electrons. The fourth-order valence-electron chi connectivity index (χ4n) is 2.34. The Labute approximate surface area is 130 Å². The predicted octanol–water partition coefficient (Wildman–Crippen LogP) is 3.57. The molecule has 0 fully saturated rings.